The van der Waals surface area contributed by atoms with E-state index in [9.17, 15) is 14.9 Å². The van der Waals surface area contributed by atoms with E-state index in [4.69, 9.17) is 9.47 Å². The first kappa shape index (κ1) is 16.9. The highest BCUT2D eigenvalue weighted by Gasteiger charge is 2.10. The van der Waals surface area contributed by atoms with Crippen molar-refractivity contribution in [2.75, 3.05) is 13.7 Å². The van der Waals surface area contributed by atoms with Crippen LogP contribution in [0.4, 0.5) is 5.69 Å². The molecule has 0 aliphatic carbocycles. The van der Waals surface area contributed by atoms with Gasteiger partial charge in [0.25, 0.3) is 11.6 Å². The van der Waals surface area contributed by atoms with Gasteiger partial charge in [-0.25, -0.2) is 5.43 Å². The van der Waals surface area contributed by atoms with E-state index in [1.54, 1.807) is 36.4 Å². The van der Waals surface area contributed by atoms with Crippen molar-refractivity contribution in [3.8, 4) is 11.5 Å². The van der Waals surface area contributed by atoms with Crippen LogP contribution in [0, 0.1) is 10.1 Å². The van der Waals surface area contributed by atoms with Crippen LogP contribution < -0.4 is 14.9 Å². The molecule has 0 aliphatic rings. The summed E-state index contributed by atoms with van der Waals surface area (Å²) >= 11 is 0. The number of methoxy groups -OCH3 is 1. The van der Waals surface area contributed by atoms with Gasteiger partial charge in [0, 0.05) is 6.07 Å². The molecule has 2 aromatic carbocycles. The van der Waals surface area contributed by atoms with E-state index < -0.39 is 10.8 Å². The highest BCUT2D eigenvalue weighted by atomic mass is 16.6. The van der Waals surface area contributed by atoms with Crippen LogP contribution in [0.1, 0.15) is 5.56 Å². The van der Waals surface area contributed by atoms with Gasteiger partial charge in [0.05, 0.1) is 23.8 Å². The number of ether oxygens (including phenoxy) is 2. The van der Waals surface area contributed by atoms with Gasteiger partial charge in [0.1, 0.15) is 0 Å². The summed E-state index contributed by atoms with van der Waals surface area (Å²) < 4.78 is 10.4. The minimum Gasteiger partial charge on any atom is -0.493 e. The van der Waals surface area contributed by atoms with Crippen molar-refractivity contribution in [1.82, 2.24) is 5.43 Å². The van der Waals surface area contributed by atoms with Gasteiger partial charge in [-0.3, -0.25) is 14.9 Å². The number of benzene rings is 2. The minimum absolute atomic E-state index is 0.0965. The van der Waals surface area contributed by atoms with Gasteiger partial charge in [-0.05, 0) is 18.2 Å². The average molecular weight is 329 g/mol. The number of nitro benzene ring substituents is 1. The van der Waals surface area contributed by atoms with Gasteiger partial charge in [-0.1, -0.05) is 24.3 Å². The topological polar surface area (TPSA) is 103 Å². The maximum Gasteiger partial charge on any atom is 0.278 e. The van der Waals surface area contributed by atoms with Crippen LogP contribution in [-0.2, 0) is 4.79 Å². The third kappa shape index (κ3) is 4.54. The van der Waals surface area contributed by atoms with E-state index in [1.807, 2.05) is 0 Å². The number of nitrogens with zero attached hydrogens (tertiary/aromatic N) is 2. The van der Waals surface area contributed by atoms with Gasteiger partial charge >= 0.3 is 0 Å². The van der Waals surface area contributed by atoms with E-state index in [2.05, 4.69) is 10.5 Å². The highest BCUT2D eigenvalue weighted by Crippen LogP contribution is 2.25. The molecular weight excluding hydrogens is 314 g/mol. The molecule has 8 heteroatoms. The quantitative estimate of drug-likeness (QED) is 0.476. The molecule has 24 heavy (non-hydrogen) atoms. The Labute approximate surface area is 137 Å². The van der Waals surface area contributed by atoms with Crippen LogP contribution in [0.15, 0.2) is 53.6 Å². The summed E-state index contributed by atoms with van der Waals surface area (Å²) in [6.45, 7) is -0.269. The maximum absolute atomic E-state index is 11.7. The molecule has 2 rings (SSSR count). The lowest BCUT2D eigenvalue weighted by Gasteiger charge is -2.09. The molecule has 2 aromatic rings. The Kier molecular flexibility index (Phi) is 5.84. The average Bonchev–Trinajstić information content (AvgIpc) is 2.60. The summed E-state index contributed by atoms with van der Waals surface area (Å²) in [5.41, 5.74) is 2.44. The zero-order valence-electron chi connectivity index (χ0n) is 12.8. The van der Waals surface area contributed by atoms with Gasteiger partial charge < -0.3 is 9.47 Å². The second-order valence-corrected chi connectivity index (χ2v) is 4.55. The molecule has 0 spiro atoms. The van der Waals surface area contributed by atoms with Gasteiger partial charge in [-0.15, -0.1) is 0 Å². The van der Waals surface area contributed by atoms with Crippen molar-refractivity contribution in [2.24, 2.45) is 5.10 Å². The maximum atomic E-state index is 11.7. The minimum atomic E-state index is -0.520. The molecule has 0 radical (unpaired) electrons. The standard InChI is InChI=1S/C16H15N3O5/c1-23-14-8-4-5-9-15(14)24-11-16(20)18-17-10-12-6-2-3-7-13(12)19(21)22/h2-10H,11H2,1H3,(H,18,20)/b17-10+. The first-order valence-electron chi connectivity index (χ1n) is 6.93. The number of nitro groups is 1. The van der Waals surface area contributed by atoms with E-state index >= 15 is 0 Å². The lowest BCUT2D eigenvalue weighted by atomic mass is 10.2. The number of rotatable bonds is 7. The summed E-state index contributed by atoms with van der Waals surface area (Å²) in [6, 6.07) is 13.0. The van der Waals surface area contributed by atoms with Gasteiger partial charge in [0.2, 0.25) is 0 Å². The first-order chi connectivity index (χ1) is 11.6. The number of amides is 1. The van der Waals surface area contributed by atoms with Crippen molar-refractivity contribution in [2.45, 2.75) is 0 Å². The molecule has 8 nitrogen and oxygen atoms in total. The number of para-hydroxylation sites is 3. The number of carbonyl (C=O) groups excluding carboxylic acids is 1. The number of hydrazone groups is 1. The van der Waals surface area contributed by atoms with Crippen molar-refractivity contribution in [3.05, 3.63) is 64.2 Å². The molecule has 0 bridgehead atoms. The largest absolute Gasteiger partial charge is 0.493 e. The number of hydrogen-bond acceptors (Lipinski definition) is 6. The van der Waals surface area contributed by atoms with E-state index in [-0.39, 0.29) is 17.9 Å². The Balaban J connectivity index is 1.91. The normalized spacial score (nSPS) is 10.4. The first-order valence-corrected chi connectivity index (χ1v) is 6.93. The van der Waals surface area contributed by atoms with Crippen LogP contribution in [0.5, 0.6) is 11.5 Å². The van der Waals surface area contributed by atoms with Crippen LogP contribution >= 0.6 is 0 Å². The Morgan fingerprint density at radius 3 is 2.58 bits per heavy atom. The fourth-order valence-corrected chi connectivity index (χ4v) is 1.85. The summed E-state index contributed by atoms with van der Waals surface area (Å²) in [6.07, 6.45) is 1.21. The summed E-state index contributed by atoms with van der Waals surface area (Å²) in [5.74, 6) is 0.433. The van der Waals surface area contributed by atoms with Gasteiger partial charge in [0.15, 0.2) is 18.1 Å². The third-order valence-corrected chi connectivity index (χ3v) is 2.95. The third-order valence-electron chi connectivity index (χ3n) is 2.95. The molecule has 0 aliphatic heterocycles. The van der Waals surface area contributed by atoms with Crippen molar-refractivity contribution in [3.63, 3.8) is 0 Å². The van der Waals surface area contributed by atoms with Crippen molar-refractivity contribution >= 4 is 17.8 Å². The monoisotopic (exact) mass is 329 g/mol. The molecule has 0 atom stereocenters. The van der Waals surface area contributed by atoms with E-state index in [0.29, 0.717) is 11.5 Å². The second kappa shape index (κ2) is 8.28. The van der Waals surface area contributed by atoms with Crippen LogP contribution in [-0.4, -0.2) is 30.8 Å². The lowest BCUT2D eigenvalue weighted by Crippen LogP contribution is -2.24. The second-order valence-electron chi connectivity index (χ2n) is 4.55. The summed E-state index contributed by atoms with van der Waals surface area (Å²) in [7, 11) is 1.50. The Morgan fingerprint density at radius 2 is 1.88 bits per heavy atom. The zero-order valence-corrected chi connectivity index (χ0v) is 12.8. The SMILES string of the molecule is COc1ccccc1OCC(=O)N/N=C/c1ccccc1[N+](=O)[O-]. The Bertz CT molecular complexity index is 761. The summed E-state index contributed by atoms with van der Waals surface area (Å²) in [4.78, 5) is 22.0. The molecule has 1 amide bonds. The smallest absolute Gasteiger partial charge is 0.278 e. The van der Waals surface area contributed by atoms with Crippen molar-refractivity contribution < 1.29 is 19.2 Å². The van der Waals surface area contributed by atoms with Crippen molar-refractivity contribution in [1.29, 1.82) is 0 Å². The molecular formula is C16H15N3O5. The Morgan fingerprint density at radius 1 is 1.21 bits per heavy atom. The molecule has 0 saturated heterocycles. The fraction of sp³-hybridized carbons (Fsp3) is 0.125. The summed E-state index contributed by atoms with van der Waals surface area (Å²) in [5, 5.41) is 14.6. The Hall–Kier alpha value is -3.42. The molecule has 0 fully saturated rings. The number of carbonyl (C=O) groups is 1. The molecule has 1 N–H and O–H groups in total. The number of hydrogen-bond donors (Lipinski definition) is 1. The molecule has 0 aromatic heterocycles. The predicted octanol–water partition coefficient (Wildman–Crippen LogP) is 2.13. The highest BCUT2D eigenvalue weighted by molar-refractivity contribution is 5.86. The molecule has 0 saturated carbocycles. The van der Waals surface area contributed by atoms with Crippen LogP contribution in [0.2, 0.25) is 0 Å². The fourth-order valence-electron chi connectivity index (χ4n) is 1.85. The lowest BCUT2D eigenvalue weighted by molar-refractivity contribution is -0.385. The number of nitrogens with one attached hydrogen (secondary N) is 1. The molecule has 0 heterocycles. The van der Waals surface area contributed by atoms with Gasteiger partial charge in [-0.2, -0.15) is 5.10 Å². The molecule has 124 valence electrons. The molecule has 0 unspecified atom stereocenters. The predicted molar refractivity (Wildman–Crippen MR) is 87.3 cm³/mol. The van der Waals surface area contributed by atoms with E-state index in [0.717, 1.165) is 0 Å². The van der Waals surface area contributed by atoms with E-state index in [1.165, 1.54) is 25.5 Å². The zero-order chi connectivity index (χ0) is 17.4. The van der Waals surface area contributed by atoms with Crippen LogP contribution in [0.25, 0.3) is 0 Å². The van der Waals surface area contributed by atoms with Crippen LogP contribution in [0.3, 0.4) is 0 Å².